The van der Waals surface area contributed by atoms with Crippen LogP contribution in [0.25, 0.3) is 0 Å². The molecule has 0 saturated heterocycles. The second kappa shape index (κ2) is 8.89. The highest BCUT2D eigenvalue weighted by Gasteiger charge is 2.25. The summed E-state index contributed by atoms with van der Waals surface area (Å²) in [5.41, 5.74) is 0.604. The van der Waals surface area contributed by atoms with Crippen LogP contribution in [0.3, 0.4) is 0 Å². The Hall–Kier alpha value is -1.42. The smallest absolute Gasteiger partial charge is 0.231 e. The van der Waals surface area contributed by atoms with E-state index in [9.17, 15) is 4.21 Å². The summed E-state index contributed by atoms with van der Waals surface area (Å²) in [4.78, 5) is 0. The molecular formula is C16H22N2O3S. The molecule has 0 bridgehead atoms. The maximum absolute atomic E-state index is 10.6. The van der Waals surface area contributed by atoms with Gasteiger partial charge in [0.15, 0.2) is 0 Å². The molecule has 0 aliphatic heterocycles. The van der Waals surface area contributed by atoms with Gasteiger partial charge in [0.2, 0.25) is 11.3 Å². The van der Waals surface area contributed by atoms with Gasteiger partial charge in [-0.15, -0.1) is 0 Å². The molecule has 1 aromatic rings. The Morgan fingerprint density at radius 2 is 2.14 bits per heavy atom. The molecule has 2 rings (SSSR count). The maximum atomic E-state index is 10.6. The third-order valence-corrected chi connectivity index (χ3v) is 4.69. The normalized spacial score (nSPS) is 22.7. The summed E-state index contributed by atoms with van der Waals surface area (Å²) in [6, 6.07) is 9.33. The molecule has 2 N–H and O–H groups in total. The van der Waals surface area contributed by atoms with E-state index in [4.69, 9.17) is 14.6 Å². The molecule has 22 heavy (non-hydrogen) atoms. The van der Waals surface area contributed by atoms with Crippen LogP contribution in [0.4, 0.5) is 0 Å². The molecule has 1 aliphatic carbocycles. The second-order valence-electron chi connectivity index (χ2n) is 5.69. The van der Waals surface area contributed by atoms with Crippen molar-refractivity contribution < 1.29 is 13.5 Å². The molecule has 0 radical (unpaired) electrons. The van der Waals surface area contributed by atoms with Gasteiger partial charge in [0.25, 0.3) is 0 Å². The van der Waals surface area contributed by atoms with Crippen molar-refractivity contribution in [1.29, 1.82) is 5.26 Å². The molecule has 1 aliphatic rings. The lowest BCUT2D eigenvalue weighted by molar-refractivity contribution is 0.143. The number of benzene rings is 1. The van der Waals surface area contributed by atoms with Crippen molar-refractivity contribution >= 4 is 11.3 Å². The van der Waals surface area contributed by atoms with Crippen molar-refractivity contribution in [2.24, 2.45) is 11.8 Å². The molecule has 0 aromatic heterocycles. The molecule has 1 aromatic carbocycles. The summed E-state index contributed by atoms with van der Waals surface area (Å²) in [6.07, 6.45) is 5.59. The van der Waals surface area contributed by atoms with Crippen molar-refractivity contribution in [3.63, 3.8) is 0 Å². The SMILES string of the molecule is N#Cc1cccc(OCC2CCCCC2CCNS(=O)O)c1. The predicted molar refractivity (Wildman–Crippen MR) is 85.5 cm³/mol. The zero-order chi connectivity index (χ0) is 15.8. The topological polar surface area (TPSA) is 82.3 Å². The van der Waals surface area contributed by atoms with Crippen LogP contribution in [-0.4, -0.2) is 21.9 Å². The van der Waals surface area contributed by atoms with Gasteiger partial charge in [0.1, 0.15) is 5.75 Å². The lowest BCUT2D eigenvalue weighted by Gasteiger charge is -2.31. The molecule has 3 unspecified atom stereocenters. The fourth-order valence-electron chi connectivity index (χ4n) is 3.07. The van der Waals surface area contributed by atoms with Gasteiger partial charge in [-0.05, 0) is 42.9 Å². The summed E-state index contributed by atoms with van der Waals surface area (Å²) < 4.78 is 27.8. The molecule has 0 heterocycles. The first-order valence-electron chi connectivity index (χ1n) is 7.66. The van der Waals surface area contributed by atoms with Crippen LogP contribution in [-0.2, 0) is 11.3 Å². The Balaban J connectivity index is 1.85. The van der Waals surface area contributed by atoms with Gasteiger partial charge >= 0.3 is 0 Å². The summed E-state index contributed by atoms with van der Waals surface area (Å²) >= 11 is -1.93. The molecule has 120 valence electrons. The molecule has 1 fully saturated rings. The van der Waals surface area contributed by atoms with Gasteiger partial charge in [-0.3, -0.25) is 4.55 Å². The quantitative estimate of drug-likeness (QED) is 0.756. The fourth-order valence-corrected chi connectivity index (χ4v) is 3.37. The van der Waals surface area contributed by atoms with E-state index in [1.165, 1.54) is 12.8 Å². The van der Waals surface area contributed by atoms with Crippen LogP contribution < -0.4 is 9.46 Å². The minimum atomic E-state index is -1.93. The summed E-state index contributed by atoms with van der Waals surface area (Å²) in [5, 5.41) is 8.91. The predicted octanol–water partition coefficient (Wildman–Crippen LogP) is 2.86. The first-order chi connectivity index (χ1) is 10.7. The average Bonchev–Trinajstić information content (AvgIpc) is 2.54. The van der Waals surface area contributed by atoms with Gasteiger partial charge in [-0.1, -0.05) is 25.3 Å². The Labute approximate surface area is 134 Å². The highest BCUT2D eigenvalue weighted by molar-refractivity contribution is 7.77. The van der Waals surface area contributed by atoms with E-state index in [2.05, 4.69) is 10.8 Å². The monoisotopic (exact) mass is 322 g/mol. The maximum Gasteiger partial charge on any atom is 0.231 e. The standard InChI is InChI=1S/C16H22N2O3S/c17-11-13-4-3-7-16(10-13)21-12-15-6-2-1-5-14(15)8-9-18-22(19)20/h3-4,7,10,14-15,18H,1-2,5-6,8-9,12H2,(H,19,20). The second-order valence-corrected chi connectivity index (χ2v) is 6.47. The first-order valence-corrected chi connectivity index (χ1v) is 8.77. The van der Waals surface area contributed by atoms with Crippen LogP contribution in [0, 0.1) is 23.2 Å². The first kappa shape index (κ1) is 16.9. The number of rotatable bonds is 7. The number of nitriles is 1. The van der Waals surface area contributed by atoms with E-state index in [0.717, 1.165) is 25.0 Å². The van der Waals surface area contributed by atoms with Crippen molar-refractivity contribution in [3.05, 3.63) is 29.8 Å². The molecule has 1 saturated carbocycles. The minimum Gasteiger partial charge on any atom is -0.493 e. The van der Waals surface area contributed by atoms with Gasteiger partial charge in [0, 0.05) is 6.54 Å². The zero-order valence-corrected chi connectivity index (χ0v) is 13.3. The number of nitrogens with zero attached hydrogens (tertiary/aromatic N) is 1. The Kier molecular flexibility index (Phi) is 6.84. The zero-order valence-electron chi connectivity index (χ0n) is 12.5. The summed E-state index contributed by atoms with van der Waals surface area (Å²) in [5.74, 6) is 1.72. The average molecular weight is 322 g/mol. The molecule has 3 atom stereocenters. The molecule has 6 heteroatoms. The van der Waals surface area contributed by atoms with E-state index in [1.54, 1.807) is 12.1 Å². The van der Waals surface area contributed by atoms with Crippen LogP contribution >= 0.6 is 0 Å². The molecular weight excluding hydrogens is 300 g/mol. The lowest BCUT2D eigenvalue weighted by Crippen LogP contribution is -2.29. The lowest BCUT2D eigenvalue weighted by atomic mass is 9.78. The van der Waals surface area contributed by atoms with Crippen LogP contribution in [0.2, 0.25) is 0 Å². The van der Waals surface area contributed by atoms with Gasteiger partial charge in [-0.25, -0.2) is 8.93 Å². The van der Waals surface area contributed by atoms with Crippen molar-refractivity contribution in [3.8, 4) is 11.8 Å². The summed E-state index contributed by atoms with van der Waals surface area (Å²) in [6.45, 7) is 1.19. The Morgan fingerprint density at radius 3 is 2.86 bits per heavy atom. The van der Waals surface area contributed by atoms with E-state index < -0.39 is 11.3 Å². The highest BCUT2D eigenvalue weighted by Crippen LogP contribution is 2.32. The largest absolute Gasteiger partial charge is 0.493 e. The van der Waals surface area contributed by atoms with E-state index >= 15 is 0 Å². The fraction of sp³-hybridized carbons (Fsp3) is 0.562. The third kappa shape index (κ3) is 5.41. The highest BCUT2D eigenvalue weighted by atomic mass is 32.2. The minimum absolute atomic E-state index is 0.466. The Bertz CT molecular complexity index is 544. The van der Waals surface area contributed by atoms with E-state index in [0.29, 0.717) is 30.6 Å². The van der Waals surface area contributed by atoms with Crippen LogP contribution in [0.15, 0.2) is 24.3 Å². The number of hydrogen-bond donors (Lipinski definition) is 2. The Morgan fingerprint density at radius 1 is 1.36 bits per heavy atom. The van der Waals surface area contributed by atoms with Crippen molar-refractivity contribution in [2.75, 3.05) is 13.2 Å². The third-order valence-electron chi connectivity index (χ3n) is 4.23. The van der Waals surface area contributed by atoms with Crippen LogP contribution in [0.5, 0.6) is 5.75 Å². The number of nitrogens with one attached hydrogen (secondary N) is 1. The van der Waals surface area contributed by atoms with E-state index in [1.807, 2.05) is 12.1 Å². The van der Waals surface area contributed by atoms with E-state index in [-0.39, 0.29) is 0 Å². The molecule has 0 amide bonds. The van der Waals surface area contributed by atoms with Crippen molar-refractivity contribution in [2.45, 2.75) is 32.1 Å². The van der Waals surface area contributed by atoms with Crippen molar-refractivity contribution in [1.82, 2.24) is 4.72 Å². The van der Waals surface area contributed by atoms with Gasteiger partial charge in [-0.2, -0.15) is 5.26 Å². The summed E-state index contributed by atoms with van der Waals surface area (Å²) in [7, 11) is 0. The number of ether oxygens (including phenoxy) is 1. The van der Waals surface area contributed by atoms with Crippen LogP contribution in [0.1, 0.15) is 37.7 Å². The van der Waals surface area contributed by atoms with Gasteiger partial charge in [0.05, 0.1) is 18.2 Å². The molecule has 5 nitrogen and oxygen atoms in total. The van der Waals surface area contributed by atoms with Gasteiger partial charge < -0.3 is 4.74 Å². The molecule has 0 spiro atoms. The number of hydrogen-bond acceptors (Lipinski definition) is 3.